The number of carbonyl (C=O) groups is 1. The minimum absolute atomic E-state index is 0.490. The van der Waals surface area contributed by atoms with E-state index in [-0.39, 0.29) is 0 Å². The number of aromatic nitrogens is 2. The summed E-state index contributed by atoms with van der Waals surface area (Å²) < 4.78 is 1.83. The summed E-state index contributed by atoms with van der Waals surface area (Å²) in [5, 5.41) is 12.8. The number of nitrogens with two attached hydrogens (primary N) is 1. The Morgan fingerprint density at radius 1 is 1.60 bits per heavy atom. The molecule has 0 aliphatic heterocycles. The van der Waals surface area contributed by atoms with Crippen LogP contribution in [0.15, 0.2) is 18.5 Å². The standard InChI is InChI=1S/C10H17N3O2/c1-10(11,9(14)15)5-2-3-7-13-8-4-6-12-13/h4,6,8H,2-3,5,7,11H2,1H3,(H,14,15). The molecule has 0 radical (unpaired) electrons. The largest absolute Gasteiger partial charge is 0.480 e. The van der Waals surface area contributed by atoms with Gasteiger partial charge in [-0.2, -0.15) is 5.10 Å². The topological polar surface area (TPSA) is 81.1 Å². The Morgan fingerprint density at radius 2 is 2.33 bits per heavy atom. The van der Waals surface area contributed by atoms with E-state index in [1.54, 1.807) is 13.1 Å². The zero-order chi connectivity index (χ0) is 11.3. The molecule has 5 heteroatoms. The maximum atomic E-state index is 10.7. The van der Waals surface area contributed by atoms with E-state index >= 15 is 0 Å². The molecule has 0 saturated heterocycles. The second-order valence-electron chi connectivity index (χ2n) is 3.95. The quantitative estimate of drug-likeness (QED) is 0.684. The van der Waals surface area contributed by atoms with Gasteiger partial charge >= 0.3 is 5.97 Å². The van der Waals surface area contributed by atoms with Crippen molar-refractivity contribution in [3.05, 3.63) is 18.5 Å². The van der Waals surface area contributed by atoms with Gasteiger partial charge in [-0.3, -0.25) is 9.48 Å². The van der Waals surface area contributed by atoms with Crippen molar-refractivity contribution in [2.24, 2.45) is 5.73 Å². The molecular formula is C10H17N3O2. The first-order chi connectivity index (χ1) is 7.02. The molecule has 1 aromatic rings. The van der Waals surface area contributed by atoms with Gasteiger partial charge in [-0.15, -0.1) is 0 Å². The first-order valence-electron chi connectivity index (χ1n) is 5.02. The minimum Gasteiger partial charge on any atom is -0.480 e. The van der Waals surface area contributed by atoms with Crippen LogP contribution in [0.3, 0.4) is 0 Å². The summed E-state index contributed by atoms with van der Waals surface area (Å²) >= 11 is 0. The van der Waals surface area contributed by atoms with Gasteiger partial charge in [-0.05, 0) is 32.3 Å². The minimum atomic E-state index is -1.11. The van der Waals surface area contributed by atoms with Crippen molar-refractivity contribution in [1.29, 1.82) is 0 Å². The van der Waals surface area contributed by atoms with Gasteiger partial charge in [0.2, 0.25) is 0 Å². The highest BCUT2D eigenvalue weighted by atomic mass is 16.4. The van der Waals surface area contributed by atoms with E-state index in [2.05, 4.69) is 5.10 Å². The predicted octanol–water partition coefficient (Wildman–Crippen LogP) is 0.855. The number of nitrogens with zero attached hydrogens (tertiary/aromatic N) is 2. The summed E-state index contributed by atoms with van der Waals surface area (Å²) in [5.74, 6) is -0.943. The fourth-order valence-electron chi connectivity index (χ4n) is 1.31. The normalized spacial score (nSPS) is 14.8. The molecule has 0 aliphatic rings. The summed E-state index contributed by atoms with van der Waals surface area (Å²) in [6.45, 7) is 2.35. The Morgan fingerprint density at radius 3 is 2.87 bits per heavy atom. The van der Waals surface area contributed by atoms with Crippen LogP contribution < -0.4 is 5.73 Å². The van der Waals surface area contributed by atoms with Crippen LogP contribution in [-0.4, -0.2) is 26.4 Å². The van der Waals surface area contributed by atoms with Gasteiger partial charge in [0.05, 0.1) is 0 Å². The zero-order valence-corrected chi connectivity index (χ0v) is 8.89. The Kier molecular flexibility index (Phi) is 3.85. The van der Waals surface area contributed by atoms with E-state index in [4.69, 9.17) is 10.8 Å². The second kappa shape index (κ2) is 4.93. The van der Waals surface area contributed by atoms with E-state index in [0.717, 1.165) is 19.4 Å². The number of carboxylic acids is 1. The van der Waals surface area contributed by atoms with Gasteiger partial charge in [0.25, 0.3) is 0 Å². The Bertz CT molecular complexity index is 306. The first kappa shape index (κ1) is 11.7. The van der Waals surface area contributed by atoms with Gasteiger partial charge < -0.3 is 10.8 Å². The molecule has 1 unspecified atom stereocenters. The lowest BCUT2D eigenvalue weighted by molar-refractivity contribution is -0.142. The van der Waals surface area contributed by atoms with Crippen molar-refractivity contribution >= 4 is 5.97 Å². The van der Waals surface area contributed by atoms with Crippen LogP contribution in [-0.2, 0) is 11.3 Å². The number of hydrogen-bond acceptors (Lipinski definition) is 3. The van der Waals surface area contributed by atoms with Gasteiger partial charge in [-0.25, -0.2) is 0 Å². The third-order valence-corrected chi connectivity index (χ3v) is 2.38. The van der Waals surface area contributed by atoms with Crippen LogP contribution in [0.1, 0.15) is 26.2 Å². The summed E-state index contributed by atoms with van der Waals surface area (Å²) in [6.07, 6.45) is 5.79. The zero-order valence-electron chi connectivity index (χ0n) is 8.89. The third kappa shape index (κ3) is 3.71. The molecule has 0 spiro atoms. The highest BCUT2D eigenvalue weighted by Crippen LogP contribution is 2.11. The number of aryl methyl sites for hydroxylation is 1. The molecule has 0 fully saturated rings. The van der Waals surface area contributed by atoms with Gasteiger partial charge in [0.1, 0.15) is 5.54 Å². The fourth-order valence-corrected chi connectivity index (χ4v) is 1.31. The molecular weight excluding hydrogens is 194 g/mol. The summed E-state index contributed by atoms with van der Waals surface area (Å²) in [6, 6.07) is 1.87. The number of aliphatic carboxylic acids is 1. The van der Waals surface area contributed by atoms with Crippen LogP contribution >= 0.6 is 0 Å². The maximum absolute atomic E-state index is 10.7. The van der Waals surface area contributed by atoms with E-state index in [1.807, 2.05) is 16.9 Å². The van der Waals surface area contributed by atoms with Crippen molar-refractivity contribution in [2.45, 2.75) is 38.3 Å². The van der Waals surface area contributed by atoms with Crippen molar-refractivity contribution < 1.29 is 9.90 Å². The molecule has 0 bridgehead atoms. The maximum Gasteiger partial charge on any atom is 0.323 e. The van der Waals surface area contributed by atoms with Crippen molar-refractivity contribution in [3.8, 4) is 0 Å². The van der Waals surface area contributed by atoms with E-state index in [1.165, 1.54) is 0 Å². The Hall–Kier alpha value is -1.36. The van der Waals surface area contributed by atoms with Crippen LogP contribution in [0.25, 0.3) is 0 Å². The SMILES string of the molecule is CC(N)(CCCCn1cccn1)C(=O)O. The van der Waals surface area contributed by atoms with Crippen LogP contribution in [0, 0.1) is 0 Å². The van der Waals surface area contributed by atoms with E-state index in [0.29, 0.717) is 6.42 Å². The van der Waals surface area contributed by atoms with Crippen LogP contribution in [0.5, 0.6) is 0 Å². The summed E-state index contributed by atoms with van der Waals surface area (Å²) in [4.78, 5) is 10.7. The highest BCUT2D eigenvalue weighted by Gasteiger charge is 2.26. The number of rotatable bonds is 6. The van der Waals surface area contributed by atoms with E-state index in [9.17, 15) is 4.79 Å². The molecule has 1 heterocycles. The van der Waals surface area contributed by atoms with Gasteiger partial charge in [0, 0.05) is 18.9 Å². The van der Waals surface area contributed by atoms with Gasteiger partial charge in [0.15, 0.2) is 0 Å². The summed E-state index contributed by atoms with van der Waals surface area (Å²) in [5.41, 5.74) is 4.49. The first-order valence-corrected chi connectivity index (χ1v) is 5.02. The molecule has 5 nitrogen and oxygen atoms in total. The molecule has 15 heavy (non-hydrogen) atoms. The Balaban J connectivity index is 2.19. The molecule has 0 aliphatic carbocycles. The average Bonchev–Trinajstić information content (AvgIpc) is 2.64. The fraction of sp³-hybridized carbons (Fsp3) is 0.600. The predicted molar refractivity (Wildman–Crippen MR) is 56.3 cm³/mol. The lowest BCUT2D eigenvalue weighted by Crippen LogP contribution is -2.44. The molecule has 1 rings (SSSR count). The molecule has 1 aromatic heterocycles. The molecule has 1 atom stereocenters. The molecule has 0 aromatic carbocycles. The lowest BCUT2D eigenvalue weighted by atomic mass is 9.96. The van der Waals surface area contributed by atoms with Crippen LogP contribution in [0.4, 0.5) is 0 Å². The molecule has 84 valence electrons. The molecule has 0 amide bonds. The average molecular weight is 211 g/mol. The van der Waals surface area contributed by atoms with Gasteiger partial charge in [-0.1, -0.05) is 0 Å². The monoisotopic (exact) mass is 211 g/mol. The van der Waals surface area contributed by atoms with Crippen molar-refractivity contribution in [2.75, 3.05) is 0 Å². The third-order valence-electron chi connectivity index (χ3n) is 2.38. The van der Waals surface area contributed by atoms with Crippen molar-refractivity contribution in [3.63, 3.8) is 0 Å². The smallest absolute Gasteiger partial charge is 0.323 e. The highest BCUT2D eigenvalue weighted by molar-refractivity contribution is 5.77. The molecule has 3 N–H and O–H groups in total. The molecule has 0 saturated carbocycles. The number of hydrogen-bond donors (Lipinski definition) is 2. The second-order valence-corrected chi connectivity index (χ2v) is 3.95. The van der Waals surface area contributed by atoms with Crippen molar-refractivity contribution in [1.82, 2.24) is 9.78 Å². The van der Waals surface area contributed by atoms with E-state index < -0.39 is 11.5 Å². The number of carboxylic acid groups (broad SMARTS) is 1. The number of unbranched alkanes of at least 4 members (excludes halogenated alkanes) is 1. The Labute approximate surface area is 88.9 Å². The van der Waals surface area contributed by atoms with Crippen LogP contribution in [0.2, 0.25) is 0 Å². The summed E-state index contributed by atoms with van der Waals surface area (Å²) in [7, 11) is 0. The lowest BCUT2D eigenvalue weighted by Gasteiger charge is -2.18.